The van der Waals surface area contributed by atoms with E-state index in [0.29, 0.717) is 6.10 Å². The first-order chi connectivity index (χ1) is 6.84. The van der Waals surface area contributed by atoms with Crippen molar-refractivity contribution in [3.05, 3.63) is 19.9 Å². The van der Waals surface area contributed by atoms with Crippen LogP contribution in [0.15, 0.2) is 11.4 Å². The largest absolute Gasteiger partial charge is 0.377 e. The van der Waals surface area contributed by atoms with Crippen LogP contribution in [0.5, 0.6) is 0 Å². The topological polar surface area (TPSA) is 21.3 Å². The normalized spacial score (nSPS) is 21.6. The first kappa shape index (κ1) is 10.9. The van der Waals surface area contributed by atoms with Crippen LogP contribution in [0.1, 0.15) is 18.4 Å². The second-order valence-electron chi connectivity index (χ2n) is 3.52. The lowest BCUT2D eigenvalue weighted by atomic mass is 10.2. The molecule has 0 bridgehead atoms. The molecule has 2 nitrogen and oxygen atoms in total. The molecule has 1 saturated heterocycles. The molecule has 1 aromatic heterocycles. The van der Waals surface area contributed by atoms with Gasteiger partial charge in [-0.2, -0.15) is 0 Å². The molecule has 2 heterocycles. The second kappa shape index (κ2) is 5.44. The first-order valence-electron chi connectivity index (χ1n) is 4.90. The number of hydrogen-bond acceptors (Lipinski definition) is 3. The molecule has 1 fully saturated rings. The van der Waals surface area contributed by atoms with Crippen molar-refractivity contribution in [3.8, 4) is 0 Å². The summed E-state index contributed by atoms with van der Waals surface area (Å²) >= 11 is 4.16. The van der Waals surface area contributed by atoms with Crippen molar-refractivity contribution in [1.82, 2.24) is 5.32 Å². The Bertz CT molecular complexity index is 283. The van der Waals surface area contributed by atoms with Gasteiger partial charge in [-0.1, -0.05) is 0 Å². The first-order valence-corrected chi connectivity index (χ1v) is 6.85. The van der Waals surface area contributed by atoms with Crippen LogP contribution >= 0.6 is 33.9 Å². The Labute approximate surface area is 102 Å². The molecule has 1 unspecified atom stereocenters. The van der Waals surface area contributed by atoms with Crippen LogP contribution in [0.25, 0.3) is 0 Å². The SMILES string of the molecule is Ic1cc(CNCC2CCCO2)cs1. The van der Waals surface area contributed by atoms with Crippen molar-refractivity contribution in [2.24, 2.45) is 0 Å². The molecule has 1 atom stereocenters. The van der Waals surface area contributed by atoms with E-state index < -0.39 is 0 Å². The fourth-order valence-electron chi connectivity index (χ4n) is 1.62. The van der Waals surface area contributed by atoms with Crippen LogP contribution in [0, 0.1) is 2.88 Å². The monoisotopic (exact) mass is 323 g/mol. The van der Waals surface area contributed by atoms with Gasteiger partial charge >= 0.3 is 0 Å². The van der Waals surface area contributed by atoms with Gasteiger partial charge in [-0.15, -0.1) is 11.3 Å². The van der Waals surface area contributed by atoms with E-state index in [9.17, 15) is 0 Å². The lowest BCUT2D eigenvalue weighted by molar-refractivity contribution is 0.110. The third-order valence-corrected chi connectivity index (χ3v) is 4.18. The standard InChI is InChI=1S/C10H14INOS/c11-10-4-8(7-14-10)5-12-6-9-2-1-3-13-9/h4,7,9,12H,1-3,5-6H2. The van der Waals surface area contributed by atoms with E-state index in [1.54, 1.807) is 11.3 Å². The maximum Gasteiger partial charge on any atom is 0.0700 e. The van der Waals surface area contributed by atoms with E-state index in [2.05, 4.69) is 39.4 Å². The number of rotatable bonds is 4. The van der Waals surface area contributed by atoms with E-state index in [-0.39, 0.29) is 0 Å². The summed E-state index contributed by atoms with van der Waals surface area (Å²) in [6.45, 7) is 2.91. The summed E-state index contributed by atoms with van der Waals surface area (Å²) in [5, 5.41) is 5.65. The average molecular weight is 323 g/mol. The summed E-state index contributed by atoms with van der Waals surface area (Å²) in [5.41, 5.74) is 1.39. The van der Waals surface area contributed by atoms with Crippen molar-refractivity contribution < 1.29 is 4.74 Å². The molecule has 2 rings (SSSR count). The summed E-state index contributed by atoms with van der Waals surface area (Å²) < 4.78 is 6.89. The highest BCUT2D eigenvalue weighted by Gasteiger charge is 2.14. The number of nitrogens with one attached hydrogen (secondary N) is 1. The Morgan fingerprint density at radius 3 is 3.21 bits per heavy atom. The highest BCUT2D eigenvalue weighted by atomic mass is 127. The van der Waals surface area contributed by atoms with Crippen LogP contribution in [-0.4, -0.2) is 19.3 Å². The highest BCUT2D eigenvalue weighted by molar-refractivity contribution is 14.1. The maximum absolute atomic E-state index is 5.53. The molecule has 0 spiro atoms. The highest BCUT2D eigenvalue weighted by Crippen LogP contribution is 2.16. The fourth-order valence-corrected chi connectivity index (χ4v) is 3.04. The van der Waals surface area contributed by atoms with E-state index in [4.69, 9.17) is 4.74 Å². The summed E-state index contributed by atoms with van der Waals surface area (Å²) in [5.74, 6) is 0. The molecule has 1 N–H and O–H groups in total. The molecule has 0 aromatic carbocycles. The molecule has 0 amide bonds. The molecule has 0 saturated carbocycles. The van der Waals surface area contributed by atoms with Gasteiger partial charge in [0.05, 0.1) is 8.99 Å². The molecule has 14 heavy (non-hydrogen) atoms. The summed E-state index contributed by atoms with van der Waals surface area (Å²) in [6, 6.07) is 2.23. The smallest absolute Gasteiger partial charge is 0.0700 e. The Morgan fingerprint density at radius 2 is 2.57 bits per heavy atom. The van der Waals surface area contributed by atoms with Gasteiger partial charge in [-0.25, -0.2) is 0 Å². The molecule has 0 aliphatic carbocycles. The Kier molecular flexibility index (Phi) is 4.22. The molecular weight excluding hydrogens is 309 g/mol. The van der Waals surface area contributed by atoms with E-state index in [0.717, 1.165) is 19.7 Å². The summed E-state index contributed by atoms with van der Waals surface area (Å²) in [6.07, 6.45) is 2.89. The van der Waals surface area contributed by atoms with Gasteiger partial charge in [0.1, 0.15) is 0 Å². The number of halogens is 1. The van der Waals surface area contributed by atoms with Gasteiger partial charge in [0, 0.05) is 19.7 Å². The van der Waals surface area contributed by atoms with Gasteiger partial charge in [-0.3, -0.25) is 0 Å². The molecular formula is C10H14INOS. The van der Waals surface area contributed by atoms with Crippen molar-refractivity contribution in [1.29, 1.82) is 0 Å². The molecule has 1 aromatic rings. The predicted molar refractivity (Wildman–Crippen MR) is 67.7 cm³/mol. The second-order valence-corrected chi connectivity index (χ2v) is 6.33. The molecule has 0 radical (unpaired) electrons. The van der Waals surface area contributed by atoms with Gasteiger partial charge in [0.15, 0.2) is 0 Å². The molecule has 1 aliphatic heterocycles. The zero-order chi connectivity index (χ0) is 9.80. The van der Waals surface area contributed by atoms with Crippen LogP contribution in [0.3, 0.4) is 0 Å². The minimum absolute atomic E-state index is 0.452. The zero-order valence-electron chi connectivity index (χ0n) is 7.96. The van der Waals surface area contributed by atoms with Crippen LogP contribution in [-0.2, 0) is 11.3 Å². The van der Waals surface area contributed by atoms with Crippen LogP contribution in [0.2, 0.25) is 0 Å². The summed E-state index contributed by atoms with van der Waals surface area (Å²) in [4.78, 5) is 0. The molecule has 4 heteroatoms. The Hall–Kier alpha value is 0.350. The molecule has 78 valence electrons. The number of hydrogen-bond donors (Lipinski definition) is 1. The van der Waals surface area contributed by atoms with Gasteiger partial charge in [0.2, 0.25) is 0 Å². The summed E-state index contributed by atoms with van der Waals surface area (Å²) in [7, 11) is 0. The number of ether oxygens (including phenoxy) is 1. The van der Waals surface area contributed by atoms with E-state index in [1.807, 2.05) is 0 Å². The zero-order valence-corrected chi connectivity index (χ0v) is 10.9. The van der Waals surface area contributed by atoms with Crippen molar-refractivity contribution in [2.45, 2.75) is 25.5 Å². The molecule has 1 aliphatic rings. The minimum Gasteiger partial charge on any atom is -0.377 e. The maximum atomic E-state index is 5.53. The van der Waals surface area contributed by atoms with E-state index >= 15 is 0 Å². The minimum atomic E-state index is 0.452. The third kappa shape index (κ3) is 3.18. The number of thiophene rings is 1. The van der Waals surface area contributed by atoms with Crippen LogP contribution in [0.4, 0.5) is 0 Å². The van der Waals surface area contributed by atoms with E-state index in [1.165, 1.54) is 21.3 Å². The lowest BCUT2D eigenvalue weighted by Gasteiger charge is -2.09. The Balaban J connectivity index is 1.67. The van der Waals surface area contributed by atoms with Crippen molar-refractivity contribution in [2.75, 3.05) is 13.2 Å². The Morgan fingerprint density at radius 1 is 1.64 bits per heavy atom. The van der Waals surface area contributed by atoms with Crippen LogP contribution < -0.4 is 5.32 Å². The van der Waals surface area contributed by atoms with Crippen molar-refractivity contribution in [3.63, 3.8) is 0 Å². The third-order valence-electron chi connectivity index (χ3n) is 2.35. The van der Waals surface area contributed by atoms with Gasteiger partial charge in [0.25, 0.3) is 0 Å². The fraction of sp³-hybridized carbons (Fsp3) is 0.600. The average Bonchev–Trinajstić information content (AvgIpc) is 2.77. The van der Waals surface area contributed by atoms with Gasteiger partial charge in [-0.05, 0) is 52.4 Å². The predicted octanol–water partition coefficient (Wildman–Crippen LogP) is 2.62. The quantitative estimate of drug-likeness (QED) is 0.860. The van der Waals surface area contributed by atoms with Gasteiger partial charge < -0.3 is 10.1 Å². The lowest BCUT2D eigenvalue weighted by Crippen LogP contribution is -2.25. The van der Waals surface area contributed by atoms with Crippen molar-refractivity contribution >= 4 is 33.9 Å².